The van der Waals surface area contributed by atoms with Crippen molar-refractivity contribution in [1.29, 1.82) is 0 Å². The maximum absolute atomic E-state index is 9.67. The van der Waals surface area contributed by atoms with Gasteiger partial charge in [-0.15, -0.1) is 0 Å². The second-order valence-electron chi connectivity index (χ2n) is 4.02. The molecular weight excluding hydrogens is 222 g/mol. The van der Waals surface area contributed by atoms with Crippen molar-refractivity contribution in [3.8, 4) is 11.8 Å². The third-order valence-corrected chi connectivity index (χ3v) is 2.62. The van der Waals surface area contributed by atoms with Crippen LogP contribution in [0.25, 0.3) is 0 Å². The first-order valence-electron chi connectivity index (χ1n) is 5.80. The SMILES string of the molecule is CN(O)C(C#Cc1ccccc1)c1ccccc1. The van der Waals surface area contributed by atoms with E-state index in [0.717, 1.165) is 16.2 Å². The molecule has 1 unspecified atom stereocenters. The zero-order valence-corrected chi connectivity index (χ0v) is 10.2. The topological polar surface area (TPSA) is 23.5 Å². The van der Waals surface area contributed by atoms with Crippen LogP contribution in [-0.2, 0) is 0 Å². The zero-order chi connectivity index (χ0) is 12.8. The molecule has 0 saturated heterocycles. The van der Waals surface area contributed by atoms with Crippen molar-refractivity contribution in [2.45, 2.75) is 6.04 Å². The molecule has 2 nitrogen and oxygen atoms in total. The van der Waals surface area contributed by atoms with Gasteiger partial charge in [0.2, 0.25) is 0 Å². The monoisotopic (exact) mass is 237 g/mol. The third kappa shape index (κ3) is 3.21. The number of benzene rings is 2. The van der Waals surface area contributed by atoms with Crippen molar-refractivity contribution in [3.63, 3.8) is 0 Å². The fourth-order valence-corrected chi connectivity index (χ4v) is 1.70. The average Bonchev–Trinajstić information content (AvgIpc) is 2.41. The number of hydroxylamine groups is 2. The Kier molecular flexibility index (Phi) is 4.14. The molecule has 2 aromatic rings. The number of hydrogen-bond donors (Lipinski definition) is 1. The van der Waals surface area contributed by atoms with E-state index < -0.39 is 0 Å². The van der Waals surface area contributed by atoms with E-state index in [1.54, 1.807) is 7.05 Å². The number of nitrogens with zero attached hydrogens (tertiary/aromatic N) is 1. The predicted molar refractivity (Wildman–Crippen MR) is 72.1 cm³/mol. The molecule has 18 heavy (non-hydrogen) atoms. The summed E-state index contributed by atoms with van der Waals surface area (Å²) < 4.78 is 0. The van der Waals surface area contributed by atoms with Gasteiger partial charge in [0.05, 0.1) is 0 Å². The predicted octanol–water partition coefficient (Wildman–Crippen LogP) is 3.10. The summed E-state index contributed by atoms with van der Waals surface area (Å²) in [7, 11) is 1.61. The quantitative estimate of drug-likeness (QED) is 0.641. The van der Waals surface area contributed by atoms with Gasteiger partial charge in [0, 0.05) is 12.6 Å². The van der Waals surface area contributed by atoms with Crippen molar-refractivity contribution in [2.24, 2.45) is 0 Å². The minimum atomic E-state index is -0.314. The van der Waals surface area contributed by atoms with E-state index >= 15 is 0 Å². The van der Waals surface area contributed by atoms with Gasteiger partial charge in [-0.05, 0) is 17.7 Å². The Morgan fingerprint density at radius 3 is 2.06 bits per heavy atom. The molecule has 0 aromatic heterocycles. The van der Waals surface area contributed by atoms with Gasteiger partial charge in [-0.1, -0.05) is 60.4 Å². The molecule has 90 valence electrons. The van der Waals surface area contributed by atoms with Gasteiger partial charge in [0.25, 0.3) is 0 Å². The van der Waals surface area contributed by atoms with E-state index in [-0.39, 0.29) is 6.04 Å². The summed E-state index contributed by atoms with van der Waals surface area (Å²) in [6.07, 6.45) is 0. The van der Waals surface area contributed by atoms with Gasteiger partial charge in [-0.2, -0.15) is 5.06 Å². The lowest BCUT2D eigenvalue weighted by atomic mass is 10.1. The smallest absolute Gasteiger partial charge is 0.121 e. The van der Waals surface area contributed by atoms with E-state index in [2.05, 4.69) is 11.8 Å². The lowest BCUT2D eigenvalue weighted by molar-refractivity contribution is -0.0865. The van der Waals surface area contributed by atoms with Crippen LogP contribution in [0.1, 0.15) is 17.2 Å². The van der Waals surface area contributed by atoms with E-state index in [4.69, 9.17) is 0 Å². The molecule has 0 saturated carbocycles. The molecule has 2 heteroatoms. The molecule has 0 aliphatic carbocycles. The summed E-state index contributed by atoms with van der Waals surface area (Å²) in [5.74, 6) is 6.15. The molecule has 0 radical (unpaired) electrons. The first-order valence-corrected chi connectivity index (χ1v) is 5.80. The molecule has 2 rings (SSSR count). The fourth-order valence-electron chi connectivity index (χ4n) is 1.70. The van der Waals surface area contributed by atoms with Crippen LogP contribution in [0.4, 0.5) is 0 Å². The van der Waals surface area contributed by atoms with Crippen molar-refractivity contribution in [1.82, 2.24) is 5.06 Å². The first kappa shape index (κ1) is 12.4. The van der Waals surface area contributed by atoms with Crippen LogP contribution in [-0.4, -0.2) is 17.3 Å². The Morgan fingerprint density at radius 1 is 0.944 bits per heavy atom. The summed E-state index contributed by atoms with van der Waals surface area (Å²) in [4.78, 5) is 0. The van der Waals surface area contributed by atoms with Crippen LogP contribution in [0.5, 0.6) is 0 Å². The van der Waals surface area contributed by atoms with Crippen LogP contribution in [0.15, 0.2) is 60.7 Å². The van der Waals surface area contributed by atoms with E-state index in [1.807, 2.05) is 60.7 Å². The Bertz CT molecular complexity index is 538. The van der Waals surface area contributed by atoms with E-state index in [0.29, 0.717) is 0 Å². The summed E-state index contributed by atoms with van der Waals surface area (Å²) in [5, 5.41) is 10.8. The van der Waals surface area contributed by atoms with Gasteiger partial charge in [-0.3, -0.25) is 0 Å². The Morgan fingerprint density at radius 2 is 1.50 bits per heavy atom. The van der Waals surface area contributed by atoms with Gasteiger partial charge in [-0.25, -0.2) is 0 Å². The molecular formula is C16H15NO. The second-order valence-corrected chi connectivity index (χ2v) is 4.02. The second kappa shape index (κ2) is 6.02. The largest absolute Gasteiger partial charge is 0.313 e. The molecule has 0 amide bonds. The molecule has 0 bridgehead atoms. The van der Waals surface area contributed by atoms with Crippen molar-refractivity contribution >= 4 is 0 Å². The Balaban J connectivity index is 2.26. The highest BCUT2D eigenvalue weighted by Gasteiger charge is 2.11. The van der Waals surface area contributed by atoms with E-state index in [9.17, 15) is 5.21 Å². The maximum Gasteiger partial charge on any atom is 0.121 e. The van der Waals surface area contributed by atoms with Crippen LogP contribution in [0, 0.1) is 11.8 Å². The number of hydrogen-bond acceptors (Lipinski definition) is 2. The fraction of sp³-hybridized carbons (Fsp3) is 0.125. The van der Waals surface area contributed by atoms with Gasteiger partial charge < -0.3 is 5.21 Å². The van der Waals surface area contributed by atoms with Crippen LogP contribution in [0.3, 0.4) is 0 Å². The summed E-state index contributed by atoms with van der Waals surface area (Å²) in [6.45, 7) is 0. The minimum Gasteiger partial charge on any atom is -0.313 e. The lowest BCUT2D eigenvalue weighted by Crippen LogP contribution is -2.19. The Labute approximate surface area is 107 Å². The minimum absolute atomic E-state index is 0.314. The highest BCUT2D eigenvalue weighted by molar-refractivity contribution is 5.37. The van der Waals surface area contributed by atoms with Crippen molar-refractivity contribution in [3.05, 3.63) is 71.8 Å². The molecule has 0 heterocycles. The van der Waals surface area contributed by atoms with Crippen LogP contribution >= 0.6 is 0 Å². The van der Waals surface area contributed by atoms with Gasteiger partial charge >= 0.3 is 0 Å². The number of rotatable bonds is 2. The normalized spacial score (nSPS) is 11.7. The summed E-state index contributed by atoms with van der Waals surface area (Å²) in [5.41, 5.74) is 1.92. The lowest BCUT2D eigenvalue weighted by Gasteiger charge is -2.17. The average molecular weight is 237 g/mol. The molecule has 0 aliphatic heterocycles. The maximum atomic E-state index is 9.67. The Hall–Kier alpha value is -2.08. The summed E-state index contributed by atoms with van der Waals surface area (Å²) in [6, 6.07) is 19.2. The standard InChI is InChI=1S/C16H15NO/c1-17(18)16(15-10-6-3-7-11-15)13-12-14-8-4-2-5-9-14/h2-11,16,18H,1H3. The van der Waals surface area contributed by atoms with E-state index in [1.165, 1.54) is 0 Å². The molecule has 1 N–H and O–H groups in total. The molecule has 0 spiro atoms. The van der Waals surface area contributed by atoms with Gasteiger partial charge in [0.15, 0.2) is 0 Å². The zero-order valence-electron chi connectivity index (χ0n) is 10.2. The van der Waals surface area contributed by atoms with Crippen LogP contribution in [0.2, 0.25) is 0 Å². The summed E-state index contributed by atoms with van der Waals surface area (Å²) >= 11 is 0. The van der Waals surface area contributed by atoms with Crippen molar-refractivity contribution < 1.29 is 5.21 Å². The van der Waals surface area contributed by atoms with Gasteiger partial charge in [0.1, 0.15) is 6.04 Å². The van der Waals surface area contributed by atoms with Crippen LogP contribution < -0.4 is 0 Å². The molecule has 0 fully saturated rings. The highest BCUT2D eigenvalue weighted by atomic mass is 16.5. The molecule has 0 aliphatic rings. The van der Waals surface area contributed by atoms with Crippen molar-refractivity contribution in [2.75, 3.05) is 7.05 Å². The highest BCUT2D eigenvalue weighted by Crippen LogP contribution is 2.16. The molecule has 1 atom stereocenters. The third-order valence-electron chi connectivity index (χ3n) is 2.62. The molecule has 2 aromatic carbocycles. The first-order chi connectivity index (χ1) is 8.77.